The fourth-order valence-electron chi connectivity index (χ4n) is 3.48. The van der Waals surface area contributed by atoms with Gasteiger partial charge in [-0.15, -0.1) is 0 Å². The molecule has 0 unspecified atom stereocenters. The van der Waals surface area contributed by atoms with Crippen molar-refractivity contribution in [2.75, 3.05) is 19.6 Å². The molecule has 0 atom stereocenters. The van der Waals surface area contributed by atoms with Crippen molar-refractivity contribution in [3.8, 4) is 0 Å². The number of carbonyl (C=O) groups excluding carboxylic acids is 1. The lowest BCUT2D eigenvalue weighted by Gasteiger charge is -2.03. The lowest BCUT2D eigenvalue weighted by molar-refractivity contribution is -0.118. The van der Waals surface area contributed by atoms with Gasteiger partial charge in [-0.1, -0.05) is 82.8 Å². The molecule has 0 aliphatic rings. The predicted octanol–water partition coefficient (Wildman–Crippen LogP) is 5.60. The van der Waals surface area contributed by atoms with Gasteiger partial charge in [0.05, 0.1) is 0 Å². The Labute approximate surface area is 175 Å². The van der Waals surface area contributed by atoms with E-state index in [2.05, 4.69) is 17.5 Å². The highest BCUT2D eigenvalue weighted by atomic mass is 16.1. The molecule has 28 heavy (non-hydrogen) atoms. The maximum absolute atomic E-state index is 10.6. The Morgan fingerprint density at radius 2 is 1.04 bits per heavy atom. The number of nitrogens with two attached hydrogens (primary N) is 2. The largest absolute Gasteiger partial charge is 0.370 e. The molecular weight excluding hydrogens is 346 g/mol. The van der Waals surface area contributed by atoms with Crippen LogP contribution < -0.4 is 16.8 Å². The van der Waals surface area contributed by atoms with Crippen LogP contribution in [0.15, 0.2) is 12.2 Å². The summed E-state index contributed by atoms with van der Waals surface area (Å²) < 4.78 is 0. The standard InChI is InChI=1S/C24H49N3O/c25-21-23-27-22-19-17-15-13-11-9-7-5-3-1-2-4-6-8-10-12-14-16-18-20-24(26)28/h3,5,27H,1-2,4,6-23,25H2,(H2,26,28)/b5-3-. The quantitative estimate of drug-likeness (QED) is 0.156. The second-order valence-corrected chi connectivity index (χ2v) is 8.11. The van der Waals surface area contributed by atoms with Gasteiger partial charge in [-0.05, 0) is 45.1 Å². The number of primary amides is 1. The Hall–Kier alpha value is -0.870. The van der Waals surface area contributed by atoms with Gasteiger partial charge in [0.15, 0.2) is 0 Å². The predicted molar refractivity (Wildman–Crippen MR) is 123 cm³/mol. The van der Waals surface area contributed by atoms with Crippen LogP contribution in [0, 0.1) is 0 Å². The van der Waals surface area contributed by atoms with E-state index in [1.54, 1.807) is 0 Å². The Kier molecular flexibility index (Phi) is 23.4. The van der Waals surface area contributed by atoms with Gasteiger partial charge in [0.25, 0.3) is 0 Å². The third kappa shape index (κ3) is 25.1. The summed E-state index contributed by atoms with van der Waals surface area (Å²) in [6.07, 6.45) is 27.4. The highest BCUT2D eigenvalue weighted by molar-refractivity contribution is 5.73. The Morgan fingerprint density at radius 3 is 1.50 bits per heavy atom. The molecule has 0 aliphatic heterocycles. The number of amides is 1. The highest BCUT2D eigenvalue weighted by Gasteiger charge is 1.95. The van der Waals surface area contributed by atoms with Gasteiger partial charge in [0.1, 0.15) is 0 Å². The molecule has 4 heteroatoms. The van der Waals surface area contributed by atoms with Crippen molar-refractivity contribution in [1.29, 1.82) is 0 Å². The molecule has 0 aromatic rings. The monoisotopic (exact) mass is 395 g/mol. The van der Waals surface area contributed by atoms with E-state index in [1.165, 1.54) is 96.3 Å². The third-order valence-corrected chi connectivity index (χ3v) is 5.26. The minimum atomic E-state index is -0.160. The summed E-state index contributed by atoms with van der Waals surface area (Å²) in [4.78, 5) is 10.6. The van der Waals surface area contributed by atoms with E-state index in [-0.39, 0.29) is 5.91 Å². The first kappa shape index (κ1) is 27.1. The summed E-state index contributed by atoms with van der Waals surface area (Å²) in [6, 6.07) is 0. The second kappa shape index (κ2) is 24.2. The molecule has 0 saturated heterocycles. The first-order valence-electron chi connectivity index (χ1n) is 12.1. The van der Waals surface area contributed by atoms with Gasteiger partial charge < -0.3 is 16.8 Å². The molecule has 0 heterocycles. The van der Waals surface area contributed by atoms with Crippen LogP contribution in [0.1, 0.15) is 116 Å². The minimum Gasteiger partial charge on any atom is -0.370 e. The second-order valence-electron chi connectivity index (χ2n) is 8.11. The molecule has 0 aromatic carbocycles. The van der Waals surface area contributed by atoms with Gasteiger partial charge in [-0.2, -0.15) is 0 Å². The Morgan fingerprint density at radius 1 is 0.607 bits per heavy atom. The number of hydrogen-bond acceptors (Lipinski definition) is 3. The number of carbonyl (C=O) groups is 1. The van der Waals surface area contributed by atoms with Gasteiger partial charge in [-0.25, -0.2) is 0 Å². The molecule has 0 spiro atoms. The summed E-state index contributed by atoms with van der Waals surface area (Å²) in [7, 11) is 0. The van der Waals surface area contributed by atoms with E-state index in [1.807, 2.05) is 0 Å². The van der Waals surface area contributed by atoms with Crippen LogP contribution in [-0.4, -0.2) is 25.5 Å². The first-order valence-corrected chi connectivity index (χ1v) is 12.1. The lowest BCUT2D eigenvalue weighted by Crippen LogP contribution is -2.23. The first-order chi connectivity index (χ1) is 13.8. The number of allylic oxidation sites excluding steroid dienone is 2. The number of hydrogen-bond donors (Lipinski definition) is 3. The van der Waals surface area contributed by atoms with E-state index in [9.17, 15) is 4.79 Å². The van der Waals surface area contributed by atoms with Crippen molar-refractivity contribution in [3.63, 3.8) is 0 Å². The summed E-state index contributed by atoms with van der Waals surface area (Å²) >= 11 is 0. The average Bonchev–Trinajstić information content (AvgIpc) is 2.68. The van der Waals surface area contributed by atoms with Crippen LogP contribution in [0.2, 0.25) is 0 Å². The topological polar surface area (TPSA) is 81.1 Å². The minimum absolute atomic E-state index is 0.160. The van der Waals surface area contributed by atoms with E-state index < -0.39 is 0 Å². The van der Waals surface area contributed by atoms with Crippen molar-refractivity contribution in [2.24, 2.45) is 11.5 Å². The molecule has 0 rings (SSSR count). The van der Waals surface area contributed by atoms with Gasteiger partial charge >= 0.3 is 0 Å². The molecule has 0 radical (unpaired) electrons. The van der Waals surface area contributed by atoms with E-state index in [0.29, 0.717) is 6.42 Å². The number of nitrogens with one attached hydrogen (secondary N) is 1. The van der Waals surface area contributed by atoms with Crippen molar-refractivity contribution >= 4 is 5.91 Å². The van der Waals surface area contributed by atoms with Crippen LogP contribution in [0.3, 0.4) is 0 Å². The molecule has 0 aliphatic carbocycles. The third-order valence-electron chi connectivity index (χ3n) is 5.26. The van der Waals surface area contributed by atoms with Gasteiger partial charge in [0, 0.05) is 19.5 Å². The summed E-state index contributed by atoms with van der Waals surface area (Å²) in [5.41, 5.74) is 10.6. The van der Waals surface area contributed by atoms with Crippen LogP contribution in [0.5, 0.6) is 0 Å². The Bertz CT molecular complexity index is 345. The van der Waals surface area contributed by atoms with E-state index in [0.717, 1.165) is 32.5 Å². The fourth-order valence-corrected chi connectivity index (χ4v) is 3.48. The normalized spacial score (nSPS) is 11.5. The van der Waals surface area contributed by atoms with Crippen LogP contribution in [0.25, 0.3) is 0 Å². The summed E-state index contributed by atoms with van der Waals surface area (Å²) in [5, 5.41) is 3.35. The van der Waals surface area contributed by atoms with E-state index >= 15 is 0 Å². The van der Waals surface area contributed by atoms with Crippen molar-refractivity contribution in [2.45, 2.75) is 116 Å². The van der Waals surface area contributed by atoms with E-state index in [4.69, 9.17) is 11.5 Å². The van der Waals surface area contributed by atoms with Crippen LogP contribution >= 0.6 is 0 Å². The SMILES string of the molecule is NCCNCCCCCCCC/C=C\CCCCCCCCCCCC(N)=O. The maximum atomic E-state index is 10.6. The number of unbranched alkanes of at least 4 members (excludes halogenated alkanes) is 15. The zero-order valence-electron chi connectivity index (χ0n) is 18.6. The van der Waals surface area contributed by atoms with Gasteiger partial charge in [0.2, 0.25) is 5.91 Å². The molecule has 0 aromatic heterocycles. The molecule has 0 bridgehead atoms. The molecule has 0 fully saturated rings. The molecule has 166 valence electrons. The molecule has 1 amide bonds. The zero-order valence-corrected chi connectivity index (χ0v) is 18.6. The summed E-state index contributed by atoms with van der Waals surface area (Å²) in [5.74, 6) is -0.160. The smallest absolute Gasteiger partial charge is 0.217 e. The van der Waals surface area contributed by atoms with Crippen LogP contribution in [-0.2, 0) is 4.79 Å². The lowest BCUT2D eigenvalue weighted by atomic mass is 10.1. The van der Waals surface area contributed by atoms with Crippen molar-refractivity contribution < 1.29 is 4.79 Å². The number of rotatable bonds is 23. The van der Waals surface area contributed by atoms with Crippen LogP contribution in [0.4, 0.5) is 0 Å². The zero-order chi connectivity index (χ0) is 20.5. The van der Waals surface area contributed by atoms with Crippen molar-refractivity contribution in [1.82, 2.24) is 5.32 Å². The van der Waals surface area contributed by atoms with Gasteiger partial charge in [-0.3, -0.25) is 4.79 Å². The fraction of sp³-hybridized carbons (Fsp3) is 0.875. The summed E-state index contributed by atoms with van der Waals surface area (Å²) in [6.45, 7) is 2.82. The molecule has 5 N–H and O–H groups in total. The van der Waals surface area contributed by atoms with Crippen molar-refractivity contribution in [3.05, 3.63) is 12.2 Å². The Balaban J connectivity index is 3.08. The molecule has 0 saturated carbocycles. The maximum Gasteiger partial charge on any atom is 0.217 e. The molecular formula is C24H49N3O. The molecule has 4 nitrogen and oxygen atoms in total. The highest BCUT2D eigenvalue weighted by Crippen LogP contribution is 2.12. The average molecular weight is 396 g/mol.